The Kier molecular flexibility index (Phi) is 41.6. The van der Waals surface area contributed by atoms with Gasteiger partial charge in [0.05, 0.1) is 24.8 Å². The number of benzene rings is 3. The van der Waals surface area contributed by atoms with Crippen LogP contribution in [0.4, 0.5) is 0 Å². The standard InChI is InChI=1S/C87H122N20O22S2.CH4/c1-7-9-21-65-80(122)96-56(20-15-32-88)76(118)102-64(75(117)93-42-70(91)110)45-130-46-71(111)94-60(35-48-25-27-51(108)28-26-48)83(125)103(4)47(3)74(116)99-62(39-73(114)115)86(128)106-34-16-23-66(106)81(123)101-63(40-90)79(121)97-58(29-30-72(112)113)85(127)107-43-52(109)38-68(107)82(124)98-59(36-49-41-92-55-19-13-11-17-53(49)55)78(120)95-57(31-33-89)77(119)100-61(37-50-44-131-69-24-14-12-18-54(50)69)84(126)105(6)67(22-10-8-2)87(129)104(65)5;/h11-14,17-19,24-28,41,44,47,52,56-68,92,108-109H,7-10,15-16,20-23,29-40,42-43,45-46,88-90H2,1-6H3,(H2,91,110)(H,93,117)(H,94,111)(H,95,120)(H,96,122)(H,97,121)(H,98,124)(H,99,116)(H,100,119)(H,101,123)(H,102,118)(H,112,113)(H,114,115);1H4/t47-,52+,56-,57-,58-,59-,60-,61-,62-,63-,64-,65-,66-,67-,68-;/m0./s1. The number of aromatic hydroxyl groups is 1. The molecule has 0 aliphatic carbocycles. The molecule has 16 amide bonds. The molecule has 132 heavy (non-hydrogen) atoms. The number of amides is 16. The fourth-order valence-corrected chi connectivity index (χ4v) is 17.8. The third kappa shape index (κ3) is 29.6. The Hall–Kier alpha value is -12.4. The van der Waals surface area contributed by atoms with E-state index in [4.69, 9.17) is 22.9 Å². The number of thiophene rings is 1. The third-order valence-corrected chi connectivity index (χ3v) is 25.4. The molecule has 0 bridgehead atoms. The number of rotatable bonds is 26. The molecule has 0 unspecified atom stereocenters. The zero-order valence-electron chi connectivity index (χ0n) is 74.1. The number of hydrogen-bond donors (Lipinski definition) is 19. The number of nitrogens with zero attached hydrogens (tertiary/aromatic N) is 5. The number of H-pyrrole nitrogens is 1. The number of aliphatic hydroxyl groups excluding tert-OH is 1. The largest absolute Gasteiger partial charge is 0.508 e. The number of hydrogen-bond acceptors (Lipinski definition) is 25. The summed E-state index contributed by atoms with van der Waals surface area (Å²) in [5.41, 5.74) is 25.8. The number of para-hydroxylation sites is 1. The van der Waals surface area contributed by atoms with Crippen LogP contribution in [-0.2, 0) is 106 Å². The maximum Gasteiger partial charge on any atom is 0.305 e. The van der Waals surface area contributed by atoms with Crippen molar-refractivity contribution in [1.82, 2.24) is 82.7 Å². The average Bonchev–Trinajstić information content (AvgIpc) is 1.60. The monoisotopic (exact) mass is 1880 g/mol. The van der Waals surface area contributed by atoms with E-state index in [1.165, 1.54) is 73.5 Å². The first-order valence-electron chi connectivity index (χ1n) is 43.7. The van der Waals surface area contributed by atoms with Gasteiger partial charge in [-0.15, -0.1) is 23.1 Å². The Morgan fingerprint density at radius 1 is 0.530 bits per heavy atom. The number of phenolic OH excluding ortho intramolecular Hbond substituents is 1. The number of carboxylic acids is 2. The van der Waals surface area contributed by atoms with Crippen LogP contribution in [0, 0.1) is 0 Å². The number of nitrogens with one attached hydrogen (secondary N) is 11. The number of carbonyl (C=O) groups excluding carboxylic acids is 16. The van der Waals surface area contributed by atoms with Gasteiger partial charge in [0, 0.05) is 100 Å². The summed E-state index contributed by atoms with van der Waals surface area (Å²) in [7, 11) is 3.91. The molecule has 5 heterocycles. The molecule has 42 nitrogen and oxygen atoms in total. The first kappa shape index (κ1) is 107. The maximum atomic E-state index is 15.8. The molecule has 3 aromatic carbocycles. The van der Waals surface area contributed by atoms with Crippen LogP contribution >= 0.6 is 23.1 Å². The van der Waals surface area contributed by atoms with E-state index in [2.05, 4.69) is 58.2 Å². The first-order valence-corrected chi connectivity index (χ1v) is 45.7. The van der Waals surface area contributed by atoms with Crippen LogP contribution in [0.15, 0.2) is 84.4 Å². The van der Waals surface area contributed by atoms with Crippen molar-refractivity contribution in [3.05, 3.63) is 101 Å². The van der Waals surface area contributed by atoms with Crippen LogP contribution < -0.4 is 76.1 Å². The SMILES string of the molecule is C.CCCC[C@H]1C(=O)N(C)[C@@H](CCCC)C(=O)N[C@@H](CCCN)C(=O)N[C@H](C(=O)NCC(N)=O)CSCC(=O)N[C@@H](Cc2ccc(O)cc2)C(=O)N(C)[C@@H](C)C(=O)N[C@@H](CC(=O)O)C(=O)N2CCC[C@H]2C(=O)N[C@@H](CN)C(=O)N[C@@H](CCC(=O)O)C(=O)N2C[C@H](O)C[C@H]2C(=O)N[C@@H](Cc2c[nH]c3ccccc23)C(=O)N[C@@H](CCN)C(=O)N[C@@H](Cc2csc3ccccc23)C(=O)N1C. The van der Waals surface area contributed by atoms with E-state index in [0.29, 0.717) is 53.3 Å². The maximum absolute atomic E-state index is 15.8. The van der Waals surface area contributed by atoms with Gasteiger partial charge in [0.15, 0.2) is 0 Å². The van der Waals surface area contributed by atoms with Gasteiger partial charge in [-0.25, -0.2) is 0 Å². The third-order valence-electron chi connectivity index (χ3n) is 23.4. The molecule has 5 aromatic rings. The van der Waals surface area contributed by atoms with Crippen molar-refractivity contribution < 1.29 is 107 Å². The molecule has 3 aliphatic rings. The molecular weight excluding hydrogens is 1750 g/mol. The molecule has 3 saturated heterocycles. The van der Waals surface area contributed by atoms with Crippen LogP contribution in [-0.4, -0.2) is 319 Å². The first-order chi connectivity index (χ1) is 62.4. The lowest BCUT2D eigenvalue weighted by atomic mass is 9.99. The zero-order chi connectivity index (χ0) is 96.0. The minimum Gasteiger partial charge on any atom is -0.508 e. The summed E-state index contributed by atoms with van der Waals surface area (Å²) >= 11 is 2.12. The van der Waals surface area contributed by atoms with Gasteiger partial charge in [-0.2, -0.15) is 0 Å². The van der Waals surface area contributed by atoms with Crippen LogP contribution in [0.25, 0.3) is 21.0 Å². The van der Waals surface area contributed by atoms with E-state index < -0.39 is 254 Å². The number of unbranched alkanes of at least 4 members (excludes halogenated alkanes) is 2. The highest BCUT2D eigenvalue weighted by molar-refractivity contribution is 8.00. The van der Waals surface area contributed by atoms with Gasteiger partial charge in [-0.3, -0.25) is 86.3 Å². The lowest BCUT2D eigenvalue weighted by molar-refractivity contribution is -0.149. The summed E-state index contributed by atoms with van der Waals surface area (Å²) in [6, 6.07) is -2.55. The van der Waals surface area contributed by atoms with Crippen LogP contribution in [0.2, 0.25) is 0 Å². The fraction of sp³-hybridized carbons (Fsp3) is 0.545. The Morgan fingerprint density at radius 2 is 1.09 bits per heavy atom. The predicted octanol–water partition coefficient (Wildman–Crippen LogP) is -2.32. The zero-order valence-corrected chi connectivity index (χ0v) is 75.8. The number of thioether (sulfide) groups is 1. The van der Waals surface area contributed by atoms with Crippen molar-refractivity contribution in [2.45, 2.75) is 234 Å². The van der Waals surface area contributed by atoms with Gasteiger partial charge < -0.3 is 126 Å². The van der Waals surface area contributed by atoms with Gasteiger partial charge in [-0.1, -0.05) is 95.5 Å². The molecule has 23 N–H and O–H groups in total. The van der Waals surface area contributed by atoms with Crippen molar-refractivity contribution in [1.29, 1.82) is 0 Å². The number of aromatic amines is 1. The molecular formula is C88H126N20O22S2. The van der Waals surface area contributed by atoms with Crippen molar-refractivity contribution in [2.24, 2.45) is 22.9 Å². The van der Waals surface area contributed by atoms with Crippen LogP contribution in [0.3, 0.4) is 0 Å². The minimum atomic E-state index is -1.93. The number of nitrogens with two attached hydrogens (primary N) is 4. The number of aromatic nitrogens is 1. The number of fused-ring (bicyclic) bond motifs is 4. The molecule has 0 radical (unpaired) electrons. The summed E-state index contributed by atoms with van der Waals surface area (Å²) in [5, 5.41) is 70.7. The topological polar surface area (TPSA) is 645 Å². The molecule has 2 aromatic heterocycles. The van der Waals surface area contributed by atoms with Gasteiger partial charge in [-0.05, 0) is 123 Å². The number of phenols is 1. The van der Waals surface area contributed by atoms with Crippen molar-refractivity contribution in [3.63, 3.8) is 0 Å². The van der Waals surface area contributed by atoms with Crippen LogP contribution in [0.5, 0.6) is 5.75 Å². The number of carboxylic acid groups (broad SMARTS) is 2. The fourth-order valence-electron chi connectivity index (χ4n) is 15.9. The normalized spacial score (nSPS) is 25.0. The summed E-state index contributed by atoms with van der Waals surface area (Å²) in [6.45, 7) is 2.45. The Morgan fingerprint density at radius 3 is 1.75 bits per heavy atom. The molecule has 15 atom stereocenters. The van der Waals surface area contributed by atoms with E-state index >= 15 is 33.6 Å². The average molecular weight is 1880 g/mol. The van der Waals surface area contributed by atoms with E-state index in [9.17, 15) is 73.2 Å². The van der Waals surface area contributed by atoms with E-state index in [-0.39, 0.29) is 97.0 Å². The number of aliphatic carboxylic acids is 2. The summed E-state index contributed by atoms with van der Waals surface area (Å²) in [4.78, 5) is 268. The molecule has 3 aliphatic heterocycles. The van der Waals surface area contributed by atoms with Crippen LogP contribution in [0.1, 0.15) is 141 Å². The smallest absolute Gasteiger partial charge is 0.305 e. The predicted molar refractivity (Wildman–Crippen MR) is 488 cm³/mol. The molecule has 8 rings (SSSR count). The summed E-state index contributed by atoms with van der Waals surface area (Å²) < 4.78 is 0.824. The van der Waals surface area contributed by atoms with Gasteiger partial charge in [0.25, 0.3) is 0 Å². The van der Waals surface area contributed by atoms with Crippen molar-refractivity contribution >= 4 is 151 Å². The highest BCUT2D eigenvalue weighted by Crippen LogP contribution is 2.30. The highest BCUT2D eigenvalue weighted by atomic mass is 32.2. The second-order valence-electron chi connectivity index (χ2n) is 32.9. The lowest BCUT2D eigenvalue weighted by Gasteiger charge is -2.36. The summed E-state index contributed by atoms with van der Waals surface area (Å²) in [5.74, 6) is -19.7. The number of carbonyl (C=O) groups is 18. The van der Waals surface area contributed by atoms with Crippen molar-refractivity contribution in [3.8, 4) is 5.75 Å². The molecule has 722 valence electrons. The molecule has 0 saturated carbocycles. The van der Waals surface area contributed by atoms with Gasteiger partial charge in [0.1, 0.15) is 90.3 Å². The van der Waals surface area contributed by atoms with E-state index in [0.717, 1.165) is 36.5 Å². The van der Waals surface area contributed by atoms with E-state index in [1.807, 2.05) is 32.0 Å². The Labute approximate surface area is 772 Å². The van der Waals surface area contributed by atoms with Gasteiger partial charge >= 0.3 is 11.9 Å². The second-order valence-corrected chi connectivity index (χ2v) is 34.8. The summed E-state index contributed by atoms with van der Waals surface area (Å²) in [6.07, 6.45) is -2.22. The molecule has 0 spiro atoms. The minimum absolute atomic E-state index is 0. The van der Waals surface area contributed by atoms with Crippen molar-refractivity contribution in [2.75, 3.05) is 71.9 Å². The molecule has 44 heteroatoms. The second kappa shape index (κ2) is 51.4. The molecule has 3 fully saturated rings. The number of primary amides is 1. The van der Waals surface area contributed by atoms with Gasteiger partial charge in [0.2, 0.25) is 94.5 Å². The highest BCUT2D eigenvalue weighted by Gasteiger charge is 2.47. The number of aliphatic hydroxyl groups is 1. The Balaban J connectivity index is 0.0000238. The quantitative estimate of drug-likeness (QED) is 0.0276. The lowest BCUT2D eigenvalue weighted by Crippen LogP contribution is -2.61. The number of likely N-dealkylation sites (N-methyl/N-ethyl adjacent to an activating group) is 3. The van der Waals surface area contributed by atoms with E-state index in [1.54, 1.807) is 41.9 Å². The Bertz CT molecular complexity index is 4920.